The minimum Gasteiger partial charge on any atom is -0.462 e. The Morgan fingerprint density at radius 2 is 1.67 bits per heavy atom. The summed E-state index contributed by atoms with van der Waals surface area (Å²) in [5.41, 5.74) is 1.52. The molecule has 0 spiro atoms. The van der Waals surface area contributed by atoms with Gasteiger partial charge in [0.05, 0.1) is 18.8 Å². The lowest BCUT2D eigenvalue weighted by Gasteiger charge is -2.07. The van der Waals surface area contributed by atoms with Crippen LogP contribution in [0.1, 0.15) is 72.9 Å². The summed E-state index contributed by atoms with van der Waals surface area (Å²) in [5, 5.41) is 0. The molecule has 0 atom stereocenters. The van der Waals surface area contributed by atoms with E-state index in [1.807, 2.05) is 0 Å². The van der Waals surface area contributed by atoms with Gasteiger partial charge in [-0.15, -0.1) is 0 Å². The molecule has 5 nitrogen and oxygen atoms in total. The van der Waals surface area contributed by atoms with Crippen molar-refractivity contribution in [3.8, 4) is 0 Å². The third-order valence-corrected chi connectivity index (χ3v) is 3.24. The Labute approximate surface area is 126 Å². The Bertz CT molecular complexity index is 429. The van der Waals surface area contributed by atoms with Gasteiger partial charge in [0.1, 0.15) is 5.69 Å². The molecule has 0 radical (unpaired) electrons. The summed E-state index contributed by atoms with van der Waals surface area (Å²) in [4.78, 5) is 26.8. The quantitative estimate of drug-likeness (QED) is 0.559. The molecule has 0 aromatic carbocycles. The molecule has 0 aliphatic carbocycles. The molecule has 0 aliphatic heterocycles. The van der Waals surface area contributed by atoms with Crippen LogP contribution >= 0.6 is 0 Å². The largest absolute Gasteiger partial charge is 0.462 e. The molecule has 1 N–H and O–H groups in total. The maximum atomic E-state index is 12.0. The van der Waals surface area contributed by atoms with Crippen LogP contribution in [0.2, 0.25) is 0 Å². The number of ether oxygens (including phenoxy) is 2. The molecular formula is C16H25NO4. The van der Waals surface area contributed by atoms with Gasteiger partial charge in [-0.2, -0.15) is 0 Å². The van der Waals surface area contributed by atoms with Crippen molar-refractivity contribution < 1.29 is 19.1 Å². The van der Waals surface area contributed by atoms with E-state index in [-0.39, 0.29) is 0 Å². The van der Waals surface area contributed by atoms with Crippen LogP contribution in [0.25, 0.3) is 0 Å². The van der Waals surface area contributed by atoms with Crippen LogP contribution in [-0.2, 0) is 15.9 Å². The zero-order valence-corrected chi connectivity index (χ0v) is 13.2. The SMILES string of the molecule is CCCCCCc1c(C(=O)OCC)c[nH]c1C(=O)OCC. The molecule has 1 aromatic rings. The Morgan fingerprint density at radius 3 is 2.29 bits per heavy atom. The zero-order chi connectivity index (χ0) is 15.7. The van der Waals surface area contributed by atoms with Crippen LogP contribution in [0.4, 0.5) is 0 Å². The van der Waals surface area contributed by atoms with Crippen molar-refractivity contribution in [2.75, 3.05) is 13.2 Å². The van der Waals surface area contributed by atoms with Crippen molar-refractivity contribution in [3.63, 3.8) is 0 Å². The first-order valence-corrected chi connectivity index (χ1v) is 7.70. The summed E-state index contributed by atoms with van der Waals surface area (Å²) < 4.78 is 10.1. The summed E-state index contributed by atoms with van der Waals surface area (Å²) in [6, 6.07) is 0. The third kappa shape index (κ3) is 4.92. The van der Waals surface area contributed by atoms with Crippen molar-refractivity contribution in [2.24, 2.45) is 0 Å². The minimum absolute atomic E-state index is 0.307. The molecule has 0 fully saturated rings. The number of hydrogen-bond acceptors (Lipinski definition) is 4. The third-order valence-electron chi connectivity index (χ3n) is 3.24. The number of carbonyl (C=O) groups excluding carboxylic acids is 2. The molecule has 0 unspecified atom stereocenters. The lowest BCUT2D eigenvalue weighted by molar-refractivity contribution is 0.0518. The summed E-state index contributed by atoms with van der Waals surface area (Å²) in [7, 11) is 0. The second-order valence-electron chi connectivity index (χ2n) is 4.81. The van der Waals surface area contributed by atoms with Gasteiger partial charge in [0.15, 0.2) is 0 Å². The zero-order valence-electron chi connectivity index (χ0n) is 13.2. The van der Waals surface area contributed by atoms with Gasteiger partial charge in [-0.25, -0.2) is 9.59 Å². The molecule has 0 saturated heterocycles. The molecule has 118 valence electrons. The van der Waals surface area contributed by atoms with E-state index in [0.29, 0.717) is 36.5 Å². The monoisotopic (exact) mass is 295 g/mol. The molecule has 5 heteroatoms. The van der Waals surface area contributed by atoms with Crippen molar-refractivity contribution >= 4 is 11.9 Å². The number of aromatic amines is 1. The van der Waals surface area contributed by atoms with E-state index < -0.39 is 11.9 Å². The van der Waals surface area contributed by atoms with Gasteiger partial charge < -0.3 is 14.5 Å². The fraction of sp³-hybridized carbons (Fsp3) is 0.625. The number of nitrogens with one attached hydrogen (secondary N) is 1. The molecular weight excluding hydrogens is 270 g/mol. The predicted octanol–water partition coefficient (Wildman–Crippen LogP) is 3.49. The highest BCUT2D eigenvalue weighted by molar-refractivity contribution is 5.97. The summed E-state index contributed by atoms with van der Waals surface area (Å²) in [6.07, 6.45) is 6.51. The normalized spacial score (nSPS) is 10.4. The van der Waals surface area contributed by atoms with E-state index in [9.17, 15) is 9.59 Å². The average Bonchev–Trinajstić information content (AvgIpc) is 2.88. The number of unbranched alkanes of at least 4 members (excludes halogenated alkanes) is 3. The molecule has 21 heavy (non-hydrogen) atoms. The average molecular weight is 295 g/mol. The second kappa shape index (κ2) is 9.21. The van der Waals surface area contributed by atoms with E-state index in [2.05, 4.69) is 11.9 Å². The number of rotatable bonds is 9. The van der Waals surface area contributed by atoms with Crippen molar-refractivity contribution in [2.45, 2.75) is 52.9 Å². The van der Waals surface area contributed by atoms with Crippen LogP contribution in [0.15, 0.2) is 6.20 Å². The van der Waals surface area contributed by atoms with Gasteiger partial charge in [-0.05, 0) is 32.3 Å². The van der Waals surface area contributed by atoms with E-state index in [0.717, 1.165) is 25.7 Å². The maximum absolute atomic E-state index is 12.0. The maximum Gasteiger partial charge on any atom is 0.355 e. The summed E-state index contributed by atoms with van der Waals surface area (Å²) in [5.74, 6) is -0.812. The van der Waals surface area contributed by atoms with Crippen LogP contribution in [0, 0.1) is 0 Å². The number of carbonyl (C=O) groups is 2. The standard InChI is InChI=1S/C16H25NO4/c1-4-7-8-9-10-12-13(15(18)20-5-2)11-17-14(12)16(19)21-6-3/h11,17H,4-10H2,1-3H3. The van der Waals surface area contributed by atoms with E-state index in [1.54, 1.807) is 20.0 Å². The first-order valence-electron chi connectivity index (χ1n) is 7.70. The number of H-pyrrole nitrogens is 1. The predicted molar refractivity (Wildman–Crippen MR) is 80.6 cm³/mol. The molecule has 1 aromatic heterocycles. The van der Waals surface area contributed by atoms with E-state index in [1.165, 1.54) is 0 Å². The van der Waals surface area contributed by atoms with Crippen LogP contribution < -0.4 is 0 Å². The van der Waals surface area contributed by atoms with Crippen LogP contribution in [0.3, 0.4) is 0 Å². The lowest BCUT2D eigenvalue weighted by Crippen LogP contribution is -2.11. The van der Waals surface area contributed by atoms with Gasteiger partial charge in [-0.3, -0.25) is 0 Å². The first-order chi connectivity index (χ1) is 10.2. The highest BCUT2D eigenvalue weighted by Gasteiger charge is 2.22. The van der Waals surface area contributed by atoms with Gasteiger partial charge in [-0.1, -0.05) is 26.2 Å². The van der Waals surface area contributed by atoms with Crippen molar-refractivity contribution in [3.05, 3.63) is 23.0 Å². The van der Waals surface area contributed by atoms with Crippen molar-refractivity contribution in [1.29, 1.82) is 0 Å². The molecule has 0 bridgehead atoms. The molecule has 0 amide bonds. The number of hydrogen-bond donors (Lipinski definition) is 1. The van der Waals surface area contributed by atoms with Crippen LogP contribution in [0.5, 0.6) is 0 Å². The fourth-order valence-corrected chi connectivity index (χ4v) is 2.22. The molecule has 1 heterocycles. The Morgan fingerprint density at radius 1 is 1.00 bits per heavy atom. The second-order valence-corrected chi connectivity index (χ2v) is 4.81. The Balaban J connectivity index is 2.91. The Kier molecular flexibility index (Phi) is 7.58. The first kappa shape index (κ1) is 17.3. The topological polar surface area (TPSA) is 68.4 Å². The lowest BCUT2D eigenvalue weighted by atomic mass is 10.0. The van der Waals surface area contributed by atoms with Crippen molar-refractivity contribution in [1.82, 2.24) is 4.98 Å². The summed E-state index contributed by atoms with van der Waals surface area (Å²) >= 11 is 0. The fourth-order valence-electron chi connectivity index (χ4n) is 2.22. The number of aromatic nitrogens is 1. The number of esters is 2. The molecule has 0 aliphatic rings. The molecule has 1 rings (SSSR count). The smallest absolute Gasteiger partial charge is 0.355 e. The highest BCUT2D eigenvalue weighted by Crippen LogP contribution is 2.20. The van der Waals surface area contributed by atoms with Gasteiger partial charge in [0.25, 0.3) is 0 Å². The van der Waals surface area contributed by atoms with E-state index >= 15 is 0 Å². The van der Waals surface area contributed by atoms with Gasteiger partial charge in [0, 0.05) is 6.20 Å². The molecule has 0 saturated carbocycles. The highest BCUT2D eigenvalue weighted by atomic mass is 16.5. The van der Waals surface area contributed by atoms with E-state index in [4.69, 9.17) is 9.47 Å². The van der Waals surface area contributed by atoms with Gasteiger partial charge in [0.2, 0.25) is 0 Å². The van der Waals surface area contributed by atoms with Gasteiger partial charge >= 0.3 is 11.9 Å². The summed E-state index contributed by atoms with van der Waals surface area (Å²) in [6.45, 7) is 6.28. The Hall–Kier alpha value is -1.78. The minimum atomic E-state index is -0.418. The van der Waals surface area contributed by atoms with Crippen LogP contribution in [-0.4, -0.2) is 30.1 Å².